The van der Waals surface area contributed by atoms with Crippen molar-refractivity contribution in [3.05, 3.63) is 94.3 Å². The monoisotopic (exact) mass is 430 g/mol. The van der Waals surface area contributed by atoms with Crippen LogP contribution < -0.4 is 14.8 Å². The second-order valence-electron chi connectivity index (χ2n) is 7.27. The number of halogens is 1. The number of aryl methyl sites for hydroxylation is 2. The molecule has 0 aliphatic heterocycles. The van der Waals surface area contributed by atoms with Gasteiger partial charge in [-0.2, -0.15) is 5.26 Å². The van der Waals surface area contributed by atoms with Gasteiger partial charge in [-0.1, -0.05) is 30.3 Å². The molecule has 0 spiro atoms. The number of carbonyl (C=O) groups is 1. The lowest BCUT2D eigenvalue weighted by Crippen LogP contribution is -2.14. The second kappa shape index (κ2) is 10.3. The lowest BCUT2D eigenvalue weighted by Gasteiger charge is -2.12. The molecule has 162 valence electrons. The van der Waals surface area contributed by atoms with E-state index in [2.05, 4.69) is 5.32 Å². The Hall–Kier alpha value is -4.11. The van der Waals surface area contributed by atoms with Crippen LogP contribution in [0, 0.1) is 31.0 Å². The van der Waals surface area contributed by atoms with Crippen molar-refractivity contribution in [3.63, 3.8) is 0 Å². The van der Waals surface area contributed by atoms with Crippen molar-refractivity contribution in [2.75, 3.05) is 12.4 Å². The number of benzene rings is 3. The maximum Gasteiger partial charge on any atom is 0.266 e. The van der Waals surface area contributed by atoms with E-state index in [9.17, 15) is 14.4 Å². The van der Waals surface area contributed by atoms with Crippen molar-refractivity contribution in [2.45, 2.75) is 20.5 Å². The molecule has 3 rings (SSSR count). The van der Waals surface area contributed by atoms with Gasteiger partial charge in [-0.3, -0.25) is 4.79 Å². The standard InChI is InChI=1S/C26H23FN2O3/c1-17-7-8-18(2)23(11-17)29-26(30)21(15-28)12-19-9-10-24(25(14-19)31-3)32-16-20-5-4-6-22(27)13-20/h4-14H,16H2,1-3H3,(H,29,30)/b21-12+. The molecule has 0 bridgehead atoms. The van der Waals surface area contributed by atoms with Crippen LogP contribution in [0.25, 0.3) is 6.08 Å². The average molecular weight is 430 g/mol. The van der Waals surface area contributed by atoms with Gasteiger partial charge in [0.05, 0.1) is 7.11 Å². The summed E-state index contributed by atoms with van der Waals surface area (Å²) in [7, 11) is 1.50. The van der Waals surface area contributed by atoms with E-state index in [1.165, 1.54) is 25.3 Å². The van der Waals surface area contributed by atoms with Gasteiger partial charge in [0.2, 0.25) is 0 Å². The number of hydrogen-bond donors (Lipinski definition) is 1. The predicted molar refractivity (Wildman–Crippen MR) is 122 cm³/mol. The van der Waals surface area contributed by atoms with Crippen LogP contribution in [0.2, 0.25) is 0 Å². The van der Waals surface area contributed by atoms with Crippen molar-refractivity contribution in [1.29, 1.82) is 5.26 Å². The molecule has 5 nitrogen and oxygen atoms in total. The van der Waals surface area contributed by atoms with E-state index in [1.54, 1.807) is 30.3 Å². The Morgan fingerprint density at radius 1 is 1.09 bits per heavy atom. The number of anilines is 1. The Morgan fingerprint density at radius 3 is 2.62 bits per heavy atom. The smallest absolute Gasteiger partial charge is 0.266 e. The molecule has 0 heterocycles. The predicted octanol–water partition coefficient (Wildman–Crippen LogP) is 5.58. The first kappa shape index (κ1) is 22.6. The first-order valence-electron chi connectivity index (χ1n) is 9.95. The number of nitrogens with zero attached hydrogens (tertiary/aromatic N) is 1. The van der Waals surface area contributed by atoms with Crippen LogP contribution in [-0.4, -0.2) is 13.0 Å². The number of hydrogen-bond acceptors (Lipinski definition) is 4. The van der Waals surface area contributed by atoms with E-state index < -0.39 is 5.91 Å². The van der Waals surface area contributed by atoms with E-state index in [0.717, 1.165) is 11.1 Å². The number of nitrogens with one attached hydrogen (secondary N) is 1. The lowest BCUT2D eigenvalue weighted by molar-refractivity contribution is -0.112. The summed E-state index contributed by atoms with van der Waals surface area (Å²) in [6.45, 7) is 3.99. The first-order chi connectivity index (χ1) is 15.4. The molecule has 1 amide bonds. The summed E-state index contributed by atoms with van der Waals surface area (Å²) in [5.74, 6) is 0.0722. The van der Waals surface area contributed by atoms with Crippen LogP contribution in [0.5, 0.6) is 11.5 Å². The highest BCUT2D eigenvalue weighted by Gasteiger charge is 2.12. The maximum absolute atomic E-state index is 13.3. The van der Waals surface area contributed by atoms with Gasteiger partial charge in [-0.25, -0.2) is 4.39 Å². The number of amides is 1. The summed E-state index contributed by atoms with van der Waals surface area (Å²) < 4.78 is 24.5. The van der Waals surface area contributed by atoms with Gasteiger partial charge in [0, 0.05) is 5.69 Å². The number of methoxy groups -OCH3 is 1. The third-order valence-electron chi connectivity index (χ3n) is 4.79. The second-order valence-corrected chi connectivity index (χ2v) is 7.27. The van der Waals surface area contributed by atoms with Gasteiger partial charge in [-0.15, -0.1) is 0 Å². The van der Waals surface area contributed by atoms with Crippen LogP contribution in [-0.2, 0) is 11.4 Å². The number of ether oxygens (including phenoxy) is 2. The highest BCUT2D eigenvalue weighted by molar-refractivity contribution is 6.10. The molecule has 0 atom stereocenters. The molecule has 1 N–H and O–H groups in total. The minimum absolute atomic E-state index is 0.0404. The number of nitriles is 1. The summed E-state index contributed by atoms with van der Waals surface area (Å²) in [6, 6.07) is 18.9. The molecule has 3 aromatic rings. The SMILES string of the molecule is COc1cc(/C=C(\C#N)C(=O)Nc2cc(C)ccc2C)ccc1OCc1cccc(F)c1. The summed E-state index contributed by atoms with van der Waals surface area (Å²) in [6.07, 6.45) is 1.49. The zero-order valence-corrected chi connectivity index (χ0v) is 18.1. The molecule has 0 saturated heterocycles. The van der Waals surface area contributed by atoms with Crippen LogP contribution in [0.3, 0.4) is 0 Å². The highest BCUT2D eigenvalue weighted by atomic mass is 19.1. The molecule has 6 heteroatoms. The third-order valence-corrected chi connectivity index (χ3v) is 4.79. The quantitative estimate of drug-likeness (QED) is 0.393. The molecule has 32 heavy (non-hydrogen) atoms. The molecule has 0 unspecified atom stereocenters. The summed E-state index contributed by atoms with van der Waals surface area (Å²) in [5.41, 5.74) is 3.82. The van der Waals surface area contributed by atoms with E-state index in [0.29, 0.717) is 28.3 Å². The topological polar surface area (TPSA) is 71.3 Å². The summed E-state index contributed by atoms with van der Waals surface area (Å²) >= 11 is 0. The molecular weight excluding hydrogens is 407 g/mol. The average Bonchev–Trinajstić information content (AvgIpc) is 2.78. The van der Waals surface area contributed by atoms with E-state index in [-0.39, 0.29) is 18.0 Å². The zero-order valence-electron chi connectivity index (χ0n) is 18.1. The van der Waals surface area contributed by atoms with Crippen LogP contribution in [0.15, 0.2) is 66.2 Å². The first-order valence-corrected chi connectivity index (χ1v) is 9.95. The van der Waals surface area contributed by atoms with Gasteiger partial charge in [-0.05, 0) is 72.5 Å². The van der Waals surface area contributed by atoms with Crippen molar-refractivity contribution >= 4 is 17.7 Å². The van der Waals surface area contributed by atoms with E-state index >= 15 is 0 Å². The Kier molecular flexibility index (Phi) is 7.25. The molecule has 3 aromatic carbocycles. The van der Waals surface area contributed by atoms with Crippen molar-refractivity contribution in [3.8, 4) is 17.6 Å². The van der Waals surface area contributed by atoms with Crippen molar-refractivity contribution in [2.24, 2.45) is 0 Å². The normalized spacial score (nSPS) is 10.9. The van der Waals surface area contributed by atoms with Gasteiger partial charge >= 0.3 is 0 Å². The van der Waals surface area contributed by atoms with Crippen molar-refractivity contribution < 1.29 is 18.7 Å². The molecule has 0 saturated carbocycles. The minimum Gasteiger partial charge on any atom is -0.493 e. The molecule has 0 aromatic heterocycles. The lowest BCUT2D eigenvalue weighted by atomic mass is 10.1. The number of carbonyl (C=O) groups excluding carboxylic acids is 1. The van der Waals surface area contributed by atoms with Gasteiger partial charge in [0.15, 0.2) is 11.5 Å². The Morgan fingerprint density at radius 2 is 1.91 bits per heavy atom. The van der Waals surface area contributed by atoms with Crippen molar-refractivity contribution in [1.82, 2.24) is 0 Å². The summed E-state index contributed by atoms with van der Waals surface area (Å²) in [5, 5.41) is 12.3. The Labute approximate surface area is 186 Å². The largest absolute Gasteiger partial charge is 0.493 e. The molecule has 0 aliphatic rings. The van der Waals surface area contributed by atoms with E-state index in [1.807, 2.05) is 38.1 Å². The maximum atomic E-state index is 13.3. The summed E-state index contributed by atoms with van der Waals surface area (Å²) in [4.78, 5) is 12.6. The fourth-order valence-corrected chi connectivity index (χ4v) is 3.06. The molecular formula is C26H23FN2O3. The Balaban J connectivity index is 1.77. The van der Waals surface area contributed by atoms with Crippen LogP contribution in [0.1, 0.15) is 22.3 Å². The van der Waals surface area contributed by atoms with Gasteiger partial charge < -0.3 is 14.8 Å². The highest BCUT2D eigenvalue weighted by Crippen LogP contribution is 2.30. The minimum atomic E-state index is -0.494. The Bertz CT molecular complexity index is 1210. The van der Waals surface area contributed by atoms with Crippen LogP contribution >= 0.6 is 0 Å². The van der Waals surface area contributed by atoms with Gasteiger partial charge in [0.25, 0.3) is 5.91 Å². The molecule has 0 radical (unpaired) electrons. The van der Waals surface area contributed by atoms with Crippen LogP contribution in [0.4, 0.5) is 10.1 Å². The van der Waals surface area contributed by atoms with Gasteiger partial charge in [0.1, 0.15) is 24.1 Å². The number of rotatable bonds is 7. The fraction of sp³-hybridized carbons (Fsp3) is 0.154. The van der Waals surface area contributed by atoms with E-state index in [4.69, 9.17) is 9.47 Å². The zero-order chi connectivity index (χ0) is 23.1. The fourth-order valence-electron chi connectivity index (χ4n) is 3.06. The third kappa shape index (κ3) is 5.73. The molecule has 0 aliphatic carbocycles. The molecule has 0 fully saturated rings.